The fourth-order valence-electron chi connectivity index (χ4n) is 2.54. The van der Waals surface area contributed by atoms with E-state index in [9.17, 15) is 0 Å². The molecule has 0 aromatic heterocycles. The van der Waals surface area contributed by atoms with Crippen LogP contribution in [0.15, 0.2) is 0 Å². The van der Waals surface area contributed by atoms with Gasteiger partial charge in [-0.15, -0.1) is 0 Å². The lowest BCUT2D eigenvalue weighted by molar-refractivity contribution is 0.150. The van der Waals surface area contributed by atoms with E-state index in [0.717, 1.165) is 18.5 Å². The Hall–Kier alpha value is 0.270. The fourth-order valence-corrected chi connectivity index (χ4v) is 3.62. The van der Waals surface area contributed by atoms with Crippen LogP contribution in [0.2, 0.25) is 0 Å². The molecular formula is C11H22N2S. The smallest absolute Gasteiger partial charge is 0.0246 e. The molecular weight excluding hydrogens is 192 g/mol. The second-order valence-electron chi connectivity index (χ2n) is 4.65. The minimum absolute atomic E-state index is 0.670. The Morgan fingerprint density at radius 2 is 1.93 bits per heavy atom. The molecule has 1 aliphatic carbocycles. The van der Waals surface area contributed by atoms with E-state index in [0.29, 0.717) is 6.04 Å². The van der Waals surface area contributed by atoms with Gasteiger partial charge in [0.15, 0.2) is 0 Å². The SMILES string of the molecule is CN(C1CCSCC1)C(CN)C1CC1. The topological polar surface area (TPSA) is 29.3 Å². The molecule has 1 atom stereocenters. The maximum atomic E-state index is 5.87. The number of hydrogen-bond donors (Lipinski definition) is 1. The summed E-state index contributed by atoms with van der Waals surface area (Å²) in [5.74, 6) is 3.60. The quantitative estimate of drug-likeness (QED) is 0.770. The van der Waals surface area contributed by atoms with Gasteiger partial charge in [0, 0.05) is 18.6 Å². The van der Waals surface area contributed by atoms with Crippen LogP contribution >= 0.6 is 11.8 Å². The lowest BCUT2D eigenvalue weighted by Gasteiger charge is -2.36. The first-order chi connectivity index (χ1) is 6.83. The molecule has 14 heavy (non-hydrogen) atoms. The molecule has 2 nitrogen and oxygen atoms in total. The number of rotatable bonds is 4. The van der Waals surface area contributed by atoms with E-state index in [4.69, 9.17) is 5.73 Å². The van der Waals surface area contributed by atoms with E-state index in [1.54, 1.807) is 0 Å². The number of nitrogens with zero attached hydrogens (tertiary/aromatic N) is 1. The van der Waals surface area contributed by atoms with Crippen molar-refractivity contribution in [1.29, 1.82) is 0 Å². The predicted octanol–water partition coefficient (Wildman–Crippen LogP) is 1.55. The van der Waals surface area contributed by atoms with Crippen LogP contribution in [0.3, 0.4) is 0 Å². The number of nitrogens with two attached hydrogens (primary N) is 1. The largest absolute Gasteiger partial charge is 0.329 e. The summed E-state index contributed by atoms with van der Waals surface area (Å²) >= 11 is 2.10. The Balaban J connectivity index is 1.86. The lowest BCUT2D eigenvalue weighted by atomic mass is 10.1. The van der Waals surface area contributed by atoms with Gasteiger partial charge in [-0.2, -0.15) is 11.8 Å². The van der Waals surface area contributed by atoms with Crippen molar-refractivity contribution >= 4 is 11.8 Å². The minimum Gasteiger partial charge on any atom is -0.329 e. The molecule has 1 aliphatic heterocycles. The second-order valence-corrected chi connectivity index (χ2v) is 5.87. The summed E-state index contributed by atoms with van der Waals surface area (Å²) in [4.78, 5) is 2.58. The molecule has 2 aliphatic rings. The van der Waals surface area contributed by atoms with Crippen molar-refractivity contribution in [2.45, 2.75) is 37.8 Å². The first-order valence-corrected chi connectivity index (χ1v) is 6.98. The maximum absolute atomic E-state index is 5.87. The van der Waals surface area contributed by atoms with Gasteiger partial charge < -0.3 is 5.73 Å². The van der Waals surface area contributed by atoms with Crippen molar-refractivity contribution in [2.24, 2.45) is 11.7 Å². The third-order valence-electron chi connectivity index (χ3n) is 3.70. The molecule has 1 heterocycles. The Kier molecular flexibility index (Phi) is 3.74. The highest BCUT2D eigenvalue weighted by Crippen LogP contribution is 2.36. The first kappa shape index (κ1) is 10.8. The van der Waals surface area contributed by atoms with E-state index < -0.39 is 0 Å². The molecule has 0 radical (unpaired) electrons. The molecule has 2 N–H and O–H groups in total. The average molecular weight is 214 g/mol. The van der Waals surface area contributed by atoms with Crippen molar-refractivity contribution in [1.82, 2.24) is 4.90 Å². The number of hydrogen-bond acceptors (Lipinski definition) is 3. The van der Waals surface area contributed by atoms with E-state index in [1.165, 1.54) is 37.2 Å². The number of likely N-dealkylation sites (N-methyl/N-ethyl adjacent to an activating group) is 1. The van der Waals surface area contributed by atoms with Gasteiger partial charge in [-0.1, -0.05) is 0 Å². The second kappa shape index (κ2) is 4.86. The molecule has 2 rings (SSSR count). The third kappa shape index (κ3) is 2.44. The summed E-state index contributed by atoms with van der Waals surface area (Å²) in [6.07, 6.45) is 5.55. The highest BCUT2D eigenvalue weighted by atomic mass is 32.2. The van der Waals surface area contributed by atoms with Crippen LogP contribution in [0, 0.1) is 5.92 Å². The predicted molar refractivity (Wildman–Crippen MR) is 63.7 cm³/mol. The van der Waals surface area contributed by atoms with Gasteiger partial charge in [0.05, 0.1) is 0 Å². The highest BCUT2D eigenvalue weighted by molar-refractivity contribution is 7.99. The van der Waals surface area contributed by atoms with Crippen LogP contribution in [0.5, 0.6) is 0 Å². The van der Waals surface area contributed by atoms with Gasteiger partial charge in [-0.25, -0.2) is 0 Å². The summed E-state index contributed by atoms with van der Waals surface area (Å²) in [5.41, 5.74) is 5.87. The van der Waals surface area contributed by atoms with Crippen molar-refractivity contribution in [3.8, 4) is 0 Å². The van der Waals surface area contributed by atoms with Crippen LogP contribution in [-0.4, -0.2) is 42.1 Å². The molecule has 2 fully saturated rings. The minimum atomic E-state index is 0.670. The van der Waals surface area contributed by atoms with Gasteiger partial charge in [-0.3, -0.25) is 4.90 Å². The highest BCUT2D eigenvalue weighted by Gasteiger charge is 2.35. The molecule has 1 unspecified atom stereocenters. The average Bonchev–Trinajstić information content (AvgIpc) is 3.04. The summed E-state index contributed by atoms with van der Waals surface area (Å²) in [7, 11) is 2.29. The summed E-state index contributed by atoms with van der Waals surface area (Å²) in [6.45, 7) is 0.852. The summed E-state index contributed by atoms with van der Waals surface area (Å²) < 4.78 is 0. The van der Waals surface area contributed by atoms with Gasteiger partial charge in [0.2, 0.25) is 0 Å². The Bertz CT molecular complexity index is 176. The van der Waals surface area contributed by atoms with E-state index in [1.807, 2.05) is 0 Å². The van der Waals surface area contributed by atoms with Gasteiger partial charge in [-0.05, 0) is 50.2 Å². The van der Waals surface area contributed by atoms with Crippen molar-refractivity contribution in [3.05, 3.63) is 0 Å². The van der Waals surface area contributed by atoms with Crippen LogP contribution in [0.4, 0.5) is 0 Å². The molecule has 1 saturated carbocycles. The third-order valence-corrected chi connectivity index (χ3v) is 4.75. The molecule has 3 heteroatoms. The van der Waals surface area contributed by atoms with Crippen LogP contribution in [0.25, 0.3) is 0 Å². The van der Waals surface area contributed by atoms with E-state index >= 15 is 0 Å². The molecule has 0 amide bonds. The summed E-state index contributed by atoms with van der Waals surface area (Å²) in [5, 5.41) is 0. The summed E-state index contributed by atoms with van der Waals surface area (Å²) in [6, 6.07) is 1.48. The molecule has 0 bridgehead atoms. The van der Waals surface area contributed by atoms with Gasteiger partial charge >= 0.3 is 0 Å². The molecule has 0 spiro atoms. The Morgan fingerprint density at radius 1 is 1.29 bits per heavy atom. The molecule has 1 saturated heterocycles. The van der Waals surface area contributed by atoms with Crippen molar-refractivity contribution in [2.75, 3.05) is 25.1 Å². The maximum Gasteiger partial charge on any atom is 0.0246 e. The first-order valence-electron chi connectivity index (χ1n) is 5.82. The van der Waals surface area contributed by atoms with E-state index in [-0.39, 0.29) is 0 Å². The van der Waals surface area contributed by atoms with Gasteiger partial charge in [0.1, 0.15) is 0 Å². The van der Waals surface area contributed by atoms with Crippen LogP contribution in [0.1, 0.15) is 25.7 Å². The van der Waals surface area contributed by atoms with E-state index in [2.05, 4.69) is 23.7 Å². The zero-order chi connectivity index (χ0) is 9.97. The molecule has 0 aromatic carbocycles. The van der Waals surface area contributed by atoms with Crippen molar-refractivity contribution in [3.63, 3.8) is 0 Å². The normalized spacial score (nSPS) is 26.8. The number of thioether (sulfide) groups is 1. The zero-order valence-electron chi connectivity index (χ0n) is 9.11. The van der Waals surface area contributed by atoms with Crippen LogP contribution < -0.4 is 5.73 Å². The molecule has 82 valence electrons. The standard InChI is InChI=1S/C11H22N2S/c1-13(10-4-6-14-7-5-10)11(8-12)9-2-3-9/h9-11H,2-8,12H2,1H3. The molecule has 0 aromatic rings. The van der Waals surface area contributed by atoms with Crippen molar-refractivity contribution < 1.29 is 0 Å². The fraction of sp³-hybridized carbons (Fsp3) is 1.00. The monoisotopic (exact) mass is 214 g/mol. The zero-order valence-corrected chi connectivity index (χ0v) is 9.93. The van der Waals surface area contributed by atoms with Gasteiger partial charge in [0.25, 0.3) is 0 Å². The van der Waals surface area contributed by atoms with Crippen LogP contribution in [-0.2, 0) is 0 Å². The lowest BCUT2D eigenvalue weighted by Crippen LogP contribution is -2.46. The Morgan fingerprint density at radius 3 is 2.43 bits per heavy atom. The Labute approximate surface area is 91.6 Å².